The summed E-state index contributed by atoms with van der Waals surface area (Å²) in [6.45, 7) is 0.844. The van der Waals surface area contributed by atoms with Crippen LogP contribution in [-0.4, -0.2) is 17.8 Å². The zero-order valence-corrected chi connectivity index (χ0v) is 9.61. The van der Waals surface area contributed by atoms with Crippen molar-refractivity contribution in [1.29, 1.82) is 0 Å². The Bertz CT molecular complexity index is 157. The highest BCUT2D eigenvalue weighted by atomic mass is 79.9. The normalized spacial score (nSPS) is 16.7. The number of halogens is 1. The smallest absolute Gasteiger partial charge is 0.220 e. The average molecular weight is 248 g/mol. The summed E-state index contributed by atoms with van der Waals surface area (Å²) in [5.41, 5.74) is 0. The topological polar surface area (TPSA) is 29.1 Å². The fourth-order valence-electron chi connectivity index (χ4n) is 1.48. The van der Waals surface area contributed by atoms with Crippen molar-refractivity contribution < 1.29 is 4.79 Å². The van der Waals surface area contributed by atoms with Gasteiger partial charge in [0.2, 0.25) is 5.91 Å². The summed E-state index contributed by atoms with van der Waals surface area (Å²) in [5.74, 6) is 0.940. The molecule has 1 saturated carbocycles. The van der Waals surface area contributed by atoms with Gasteiger partial charge in [-0.1, -0.05) is 22.4 Å². The van der Waals surface area contributed by atoms with Gasteiger partial charge < -0.3 is 5.32 Å². The molecule has 0 aromatic carbocycles. The van der Waals surface area contributed by atoms with E-state index in [0.717, 1.165) is 31.1 Å². The second kappa shape index (κ2) is 6.41. The van der Waals surface area contributed by atoms with Crippen molar-refractivity contribution in [2.45, 2.75) is 38.5 Å². The molecule has 1 rings (SSSR count). The van der Waals surface area contributed by atoms with Crippen molar-refractivity contribution in [3.05, 3.63) is 0 Å². The van der Waals surface area contributed by atoms with Crippen LogP contribution in [-0.2, 0) is 4.79 Å². The number of unbranched alkanes of at least 4 members (excludes halogenated alkanes) is 1. The molecule has 0 bridgehead atoms. The lowest BCUT2D eigenvalue weighted by atomic mass is 9.83. The van der Waals surface area contributed by atoms with Crippen molar-refractivity contribution in [3.63, 3.8) is 0 Å². The van der Waals surface area contributed by atoms with Crippen LogP contribution in [0.15, 0.2) is 0 Å². The third-order valence-electron chi connectivity index (χ3n) is 2.58. The van der Waals surface area contributed by atoms with Crippen molar-refractivity contribution in [2.24, 2.45) is 5.92 Å². The van der Waals surface area contributed by atoms with Crippen molar-refractivity contribution >= 4 is 21.8 Å². The molecule has 0 aliphatic heterocycles. The minimum atomic E-state index is 0.249. The second-order valence-electron chi connectivity index (χ2n) is 3.75. The number of hydrogen-bond donors (Lipinski definition) is 1. The molecule has 2 nitrogen and oxygen atoms in total. The molecule has 76 valence electrons. The molecule has 1 amide bonds. The predicted molar refractivity (Wildman–Crippen MR) is 58.0 cm³/mol. The number of carbonyl (C=O) groups excluding carboxylic acids is 1. The summed E-state index contributed by atoms with van der Waals surface area (Å²) in [7, 11) is 0. The van der Waals surface area contributed by atoms with Crippen LogP contribution in [0.4, 0.5) is 0 Å². The number of rotatable bonds is 6. The zero-order valence-electron chi connectivity index (χ0n) is 8.02. The molecule has 0 saturated heterocycles. The van der Waals surface area contributed by atoms with Gasteiger partial charge in [0, 0.05) is 18.3 Å². The van der Waals surface area contributed by atoms with E-state index in [0.29, 0.717) is 5.92 Å². The lowest BCUT2D eigenvalue weighted by Gasteiger charge is -2.24. The Hall–Kier alpha value is -0.0500. The van der Waals surface area contributed by atoms with E-state index < -0.39 is 0 Å². The van der Waals surface area contributed by atoms with Gasteiger partial charge in [0.15, 0.2) is 0 Å². The first kappa shape index (κ1) is 11.0. The predicted octanol–water partition coefficient (Wildman–Crippen LogP) is 2.47. The fraction of sp³-hybridized carbons (Fsp3) is 0.900. The zero-order chi connectivity index (χ0) is 9.52. The molecule has 1 fully saturated rings. The number of hydrogen-bond acceptors (Lipinski definition) is 1. The van der Waals surface area contributed by atoms with Crippen molar-refractivity contribution in [2.75, 3.05) is 11.9 Å². The summed E-state index contributed by atoms with van der Waals surface area (Å²) in [6, 6.07) is 0. The first-order chi connectivity index (χ1) is 6.33. The molecule has 1 aliphatic rings. The van der Waals surface area contributed by atoms with Crippen LogP contribution in [0.1, 0.15) is 38.5 Å². The maximum absolute atomic E-state index is 11.3. The van der Waals surface area contributed by atoms with Gasteiger partial charge in [0.1, 0.15) is 0 Å². The minimum Gasteiger partial charge on any atom is -0.356 e. The van der Waals surface area contributed by atoms with E-state index in [1.54, 1.807) is 0 Å². The van der Waals surface area contributed by atoms with E-state index in [1.807, 2.05) is 0 Å². The van der Waals surface area contributed by atoms with Crippen LogP contribution in [0, 0.1) is 5.92 Å². The first-order valence-electron chi connectivity index (χ1n) is 5.15. The number of amides is 1. The van der Waals surface area contributed by atoms with E-state index in [-0.39, 0.29) is 5.91 Å². The first-order valence-corrected chi connectivity index (χ1v) is 6.27. The minimum absolute atomic E-state index is 0.249. The second-order valence-corrected chi connectivity index (χ2v) is 4.54. The fourth-order valence-corrected chi connectivity index (χ4v) is 1.88. The van der Waals surface area contributed by atoms with Gasteiger partial charge in [-0.3, -0.25) is 4.79 Å². The molecular formula is C10H18BrNO. The standard InChI is InChI=1S/C10H18BrNO/c11-6-1-2-7-12-10(13)8-9-4-3-5-9/h9H,1-8H2,(H,12,13). The van der Waals surface area contributed by atoms with Gasteiger partial charge in [-0.15, -0.1) is 0 Å². The molecule has 0 atom stereocenters. The molecule has 0 radical (unpaired) electrons. The Balaban J connectivity index is 1.91. The highest BCUT2D eigenvalue weighted by Crippen LogP contribution is 2.28. The molecule has 1 aliphatic carbocycles. The van der Waals surface area contributed by atoms with E-state index in [4.69, 9.17) is 0 Å². The van der Waals surface area contributed by atoms with Gasteiger partial charge in [-0.05, 0) is 31.6 Å². The number of carbonyl (C=O) groups is 1. The van der Waals surface area contributed by atoms with Crippen LogP contribution in [0.3, 0.4) is 0 Å². The molecule has 3 heteroatoms. The highest BCUT2D eigenvalue weighted by Gasteiger charge is 2.19. The van der Waals surface area contributed by atoms with Gasteiger partial charge in [-0.2, -0.15) is 0 Å². The van der Waals surface area contributed by atoms with E-state index in [1.165, 1.54) is 19.3 Å². The monoisotopic (exact) mass is 247 g/mol. The SMILES string of the molecule is O=C(CC1CCC1)NCCCCBr. The molecule has 0 spiro atoms. The summed E-state index contributed by atoms with van der Waals surface area (Å²) in [5, 5.41) is 3.99. The quantitative estimate of drug-likeness (QED) is 0.567. The number of alkyl halides is 1. The molecule has 0 aromatic rings. The largest absolute Gasteiger partial charge is 0.356 e. The van der Waals surface area contributed by atoms with Crippen LogP contribution in [0.5, 0.6) is 0 Å². The maximum Gasteiger partial charge on any atom is 0.220 e. The van der Waals surface area contributed by atoms with E-state index in [9.17, 15) is 4.79 Å². The summed E-state index contributed by atoms with van der Waals surface area (Å²) in [4.78, 5) is 11.3. The Morgan fingerprint density at radius 2 is 2.15 bits per heavy atom. The van der Waals surface area contributed by atoms with Crippen LogP contribution < -0.4 is 5.32 Å². The lowest BCUT2D eigenvalue weighted by molar-refractivity contribution is -0.122. The third-order valence-corrected chi connectivity index (χ3v) is 3.14. The maximum atomic E-state index is 11.3. The Kier molecular flexibility index (Phi) is 5.44. The summed E-state index contributed by atoms with van der Waals surface area (Å²) >= 11 is 3.36. The molecule has 1 N–H and O–H groups in total. The Labute approximate surface area is 88.6 Å². The van der Waals surface area contributed by atoms with Gasteiger partial charge in [0.05, 0.1) is 0 Å². The van der Waals surface area contributed by atoms with Crippen LogP contribution >= 0.6 is 15.9 Å². The number of nitrogens with one attached hydrogen (secondary N) is 1. The van der Waals surface area contributed by atoms with Crippen LogP contribution in [0.2, 0.25) is 0 Å². The molecule has 0 heterocycles. The third kappa shape index (κ3) is 4.65. The van der Waals surface area contributed by atoms with E-state index in [2.05, 4.69) is 21.2 Å². The van der Waals surface area contributed by atoms with Gasteiger partial charge in [0.25, 0.3) is 0 Å². The highest BCUT2D eigenvalue weighted by molar-refractivity contribution is 9.09. The van der Waals surface area contributed by atoms with Gasteiger partial charge >= 0.3 is 0 Å². The Morgan fingerprint density at radius 1 is 1.38 bits per heavy atom. The van der Waals surface area contributed by atoms with Crippen molar-refractivity contribution in [3.8, 4) is 0 Å². The van der Waals surface area contributed by atoms with E-state index >= 15 is 0 Å². The summed E-state index contributed by atoms with van der Waals surface area (Å²) in [6.07, 6.45) is 6.82. The van der Waals surface area contributed by atoms with Gasteiger partial charge in [-0.25, -0.2) is 0 Å². The average Bonchev–Trinajstić information content (AvgIpc) is 2.06. The molecule has 13 heavy (non-hydrogen) atoms. The van der Waals surface area contributed by atoms with Crippen LogP contribution in [0.25, 0.3) is 0 Å². The summed E-state index contributed by atoms with van der Waals surface area (Å²) < 4.78 is 0. The molecule has 0 aromatic heterocycles. The Morgan fingerprint density at radius 3 is 2.69 bits per heavy atom. The molecule has 0 unspecified atom stereocenters. The lowest BCUT2D eigenvalue weighted by Crippen LogP contribution is -2.28. The van der Waals surface area contributed by atoms with Crippen molar-refractivity contribution in [1.82, 2.24) is 5.32 Å². The molecular weight excluding hydrogens is 230 g/mol.